The summed E-state index contributed by atoms with van der Waals surface area (Å²) in [7, 11) is -0.289. The third-order valence-corrected chi connectivity index (χ3v) is 6.59. The topological polar surface area (TPSA) is 38.8 Å². The predicted molar refractivity (Wildman–Crippen MR) is 110 cm³/mol. The molecule has 0 unspecified atom stereocenters. The number of nitrogens with zero attached hydrogens (tertiary/aromatic N) is 1. The van der Waals surface area contributed by atoms with Gasteiger partial charge in [-0.1, -0.05) is 19.1 Å². The molecule has 3 rings (SSSR count). The summed E-state index contributed by atoms with van der Waals surface area (Å²) >= 11 is 0. The van der Waals surface area contributed by atoms with E-state index in [1.807, 2.05) is 17.0 Å². The zero-order chi connectivity index (χ0) is 20.4. The monoisotopic (exact) mass is 371 g/mol. The second-order valence-corrected chi connectivity index (χ2v) is 10.5. The van der Waals surface area contributed by atoms with Gasteiger partial charge in [0.25, 0.3) is 5.91 Å². The van der Waals surface area contributed by atoms with E-state index in [1.54, 1.807) is 0 Å². The first kappa shape index (κ1) is 20.4. The van der Waals surface area contributed by atoms with Gasteiger partial charge in [0.05, 0.1) is 11.2 Å². The number of amides is 1. The molecule has 0 saturated carbocycles. The molecule has 0 bridgehead atoms. The summed E-state index contributed by atoms with van der Waals surface area (Å²) in [6, 6.07) is 6.04. The Bertz CT molecular complexity index is 749. The van der Waals surface area contributed by atoms with Crippen LogP contribution in [0.1, 0.15) is 76.9 Å². The standard InChI is InChI=1S/C22H34BNO3/c1-15-11-10-12-16-17(15)22(9,14-24(18(16)25)19(2,3)4)13-23-26-20(5,6)21(7,8)27-23/h10-12H,13-14H2,1-9H3/t22-/m0/s1. The second kappa shape index (κ2) is 6.08. The van der Waals surface area contributed by atoms with Gasteiger partial charge in [-0.25, -0.2) is 0 Å². The number of benzene rings is 1. The number of hydrogen-bond donors (Lipinski definition) is 0. The van der Waals surface area contributed by atoms with Gasteiger partial charge in [0.15, 0.2) is 0 Å². The molecule has 2 aliphatic rings. The van der Waals surface area contributed by atoms with Crippen LogP contribution < -0.4 is 0 Å². The third-order valence-electron chi connectivity index (χ3n) is 6.59. The van der Waals surface area contributed by atoms with Gasteiger partial charge >= 0.3 is 7.12 Å². The molecular weight excluding hydrogens is 337 g/mol. The number of carbonyl (C=O) groups excluding carboxylic acids is 1. The lowest BCUT2D eigenvalue weighted by atomic mass is 9.61. The Balaban J connectivity index is 2.03. The second-order valence-electron chi connectivity index (χ2n) is 10.5. The summed E-state index contributed by atoms with van der Waals surface area (Å²) in [6.45, 7) is 19.6. The smallest absolute Gasteiger partial charge is 0.403 e. The molecule has 2 aliphatic heterocycles. The van der Waals surface area contributed by atoms with Crippen LogP contribution in [0, 0.1) is 6.92 Å². The van der Waals surface area contributed by atoms with Crippen molar-refractivity contribution in [1.82, 2.24) is 4.90 Å². The molecule has 0 spiro atoms. The highest BCUT2D eigenvalue weighted by Gasteiger charge is 2.54. The highest BCUT2D eigenvalue weighted by Crippen LogP contribution is 2.45. The van der Waals surface area contributed by atoms with Crippen molar-refractivity contribution in [1.29, 1.82) is 0 Å². The Kier molecular flexibility index (Phi) is 4.60. The van der Waals surface area contributed by atoms with Crippen LogP contribution in [0.25, 0.3) is 0 Å². The van der Waals surface area contributed by atoms with Crippen LogP contribution in [-0.4, -0.2) is 41.2 Å². The fourth-order valence-corrected chi connectivity index (χ4v) is 4.42. The van der Waals surface area contributed by atoms with E-state index in [0.717, 1.165) is 23.0 Å². The van der Waals surface area contributed by atoms with Gasteiger partial charge in [0.1, 0.15) is 0 Å². The predicted octanol–water partition coefficient (Wildman–Crippen LogP) is 4.60. The Morgan fingerprint density at radius 3 is 2.15 bits per heavy atom. The molecule has 2 heterocycles. The summed E-state index contributed by atoms with van der Waals surface area (Å²) in [5.41, 5.74) is 1.95. The van der Waals surface area contributed by atoms with Crippen LogP contribution in [0.3, 0.4) is 0 Å². The van der Waals surface area contributed by atoms with Crippen LogP contribution in [0.2, 0.25) is 6.32 Å². The maximum atomic E-state index is 13.2. The molecule has 0 radical (unpaired) electrons. The van der Waals surface area contributed by atoms with Crippen molar-refractivity contribution in [3.63, 3.8) is 0 Å². The molecule has 1 aromatic carbocycles. The largest absolute Gasteiger partial charge is 0.458 e. The summed E-state index contributed by atoms with van der Waals surface area (Å²) in [4.78, 5) is 15.2. The minimum absolute atomic E-state index is 0.118. The highest BCUT2D eigenvalue weighted by atomic mass is 16.7. The summed E-state index contributed by atoms with van der Waals surface area (Å²) in [5, 5.41) is 0. The normalized spacial score (nSPS) is 27.1. The van der Waals surface area contributed by atoms with Crippen molar-refractivity contribution in [2.75, 3.05) is 6.54 Å². The van der Waals surface area contributed by atoms with Gasteiger partial charge in [-0.05, 0) is 78.9 Å². The third kappa shape index (κ3) is 3.34. The van der Waals surface area contributed by atoms with Crippen molar-refractivity contribution >= 4 is 13.0 Å². The van der Waals surface area contributed by atoms with E-state index in [2.05, 4.69) is 68.4 Å². The first-order valence-electron chi connectivity index (χ1n) is 9.96. The number of aryl methyl sites for hydroxylation is 1. The fourth-order valence-electron chi connectivity index (χ4n) is 4.42. The van der Waals surface area contributed by atoms with E-state index in [-0.39, 0.29) is 35.2 Å². The molecule has 1 fully saturated rings. The van der Waals surface area contributed by atoms with Crippen LogP contribution in [0.4, 0.5) is 0 Å². The lowest BCUT2D eigenvalue weighted by molar-refractivity contribution is 0.00578. The van der Waals surface area contributed by atoms with E-state index >= 15 is 0 Å². The minimum atomic E-state index is -0.350. The number of fused-ring (bicyclic) bond motifs is 1. The Morgan fingerprint density at radius 2 is 1.63 bits per heavy atom. The van der Waals surface area contributed by atoms with Crippen LogP contribution in [0.5, 0.6) is 0 Å². The van der Waals surface area contributed by atoms with E-state index in [0.29, 0.717) is 6.54 Å². The molecule has 5 heteroatoms. The van der Waals surface area contributed by atoms with Crippen LogP contribution in [-0.2, 0) is 14.7 Å². The van der Waals surface area contributed by atoms with Gasteiger partial charge in [-0.2, -0.15) is 0 Å². The number of hydrogen-bond acceptors (Lipinski definition) is 3. The zero-order valence-electron chi connectivity index (χ0n) is 18.4. The quantitative estimate of drug-likeness (QED) is 0.714. The summed E-state index contributed by atoms with van der Waals surface area (Å²) < 4.78 is 12.6. The van der Waals surface area contributed by atoms with Gasteiger partial charge < -0.3 is 14.2 Å². The Hall–Kier alpha value is -1.33. The van der Waals surface area contributed by atoms with Crippen LogP contribution in [0.15, 0.2) is 18.2 Å². The maximum absolute atomic E-state index is 13.2. The molecule has 1 aromatic rings. The van der Waals surface area contributed by atoms with Crippen molar-refractivity contribution in [3.8, 4) is 0 Å². The van der Waals surface area contributed by atoms with Gasteiger partial charge in [-0.15, -0.1) is 0 Å². The molecule has 148 valence electrons. The molecule has 1 atom stereocenters. The van der Waals surface area contributed by atoms with Gasteiger partial charge in [0.2, 0.25) is 0 Å². The molecule has 0 aromatic heterocycles. The molecular formula is C22H34BNO3. The van der Waals surface area contributed by atoms with Gasteiger partial charge in [-0.3, -0.25) is 4.79 Å². The SMILES string of the molecule is Cc1cccc2c1[C@@](C)(CB1OC(C)(C)C(C)(C)O1)CN(C(C)(C)C)C2=O. The summed E-state index contributed by atoms with van der Waals surface area (Å²) in [6.07, 6.45) is 0.720. The van der Waals surface area contributed by atoms with Crippen molar-refractivity contribution in [3.05, 3.63) is 34.9 Å². The lowest BCUT2D eigenvalue weighted by Crippen LogP contribution is -2.56. The fraction of sp³-hybridized carbons (Fsp3) is 0.682. The first-order valence-corrected chi connectivity index (χ1v) is 9.96. The zero-order valence-corrected chi connectivity index (χ0v) is 18.4. The van der Waals surface area contributed by atoms with E-state index in [4.69, 9.17) is 9.31 Å². The Labute approximate surface area is 164 Å². The van der Waals surface area contributed by atoms with Gasteiger partial charge in [0, 0.05) is 23.1 Å². The average molecular weight is 371 g/mol. The van der Waals surface area contributed by atoms with Crippen molar-refractivity contribution < 1.29 is 14.1 Å². The Morgan fingerprint density at radius 1 is 1.07 bits per heavy atom. The van der Waals surface area contributed by atoms with E-state index in [1.165, 1.54) is 0 Å². The lowest BCUT2D eigenvalue weighted by Gasteiger charge is -2.48. The molecule has 0 N–H and O–H groups in total. The molecule has 27 heavy (non-hydrogen) atoms. The molecule has 4 nitrogen and oxygen atoms in total. The van der Waals surface area contributed by atoms with E-state index in [9.17, 15) is 4.79 Å². The summed E-state index contributed by atoms with van der Waals surface area (Å²) in [5.74, 6) is 0.118. The van der Waals surface area contributed by atoms with Crippen molar-refractivity contribution in [2.24, 2.45) is 0 Å². The van der Waals surface area contributed by atoms with E-state index < -0.39 is 0 Å². The van der Waals surface area contributed by atoms with Crippen LogP contribution >= 0.6 is 0 Å². The molecule has 0 aliphatic carbocycles. The molecule has 1 amide bonds. The first-order chi connectivity index (χ1) is 12.2. The maximum Gasteiger partial charge on any atom is 0.458 e. The highest BCUT2D eigenvalue weighted by molar-refractivity contribution is 6.46. The average Bonchev–Trinajstić information content (AvgIpc) is 2.68. The number of rotatable bonds is 2. The molecule has 1 saturated heterocycles. The van der Waals surface area contributed by atoms with Crippen molar-refractivity contribution in [2.45, 2.75) is 90.8 Å². The number of carbonyl (C=O) groups is 1. The minimum Gasteiger partial charge on any atom is -0.403 e.